The third-order valence-corrected chi connectivity index (χ3v) is 3.72. The summed E-state index contributed by atoms with van der Waals surface area (Å²) >= 11 is 0. The van der Waals surface area contributed by atoms with Crippen molar-refractivity contribution in [2.45, 2.75) is 26.1 Å². The standard InChI is InChI=1S/C18H18N2O4/c1-13-18(22)20(15-7-2-3-8-16(15)24-13)11-9-17(21)23-12-14-6-4-5-10-19-14/h2-8,10,13H,9,11-12H2,1H3/t13-/m0/s1. The Labute approximate surface area is 140 Å². The number of anilines is 1. The molecular formula is C18H18N2O4. The van der Waals surface area contributed by atoms with Crippen molar-refractivity contribution in [3.8, 4) is 5.75 Å². The van der Waals surface area contributed by atoms with Gasteiger partial charge in [-0.3, -0.25) is 14.6 Å². The highest BCUT2D eigenvalue weighted by Gasteiger charge is 2.31. The summed E-state index contributed by atoms with van der Waals surface area (Å²) in [5.74, 6) is 0.114. The maximum Gasteiger partial charge on any atom is 0.307 e. The molecule has 0 bridgehead atoms. The molecule has 1 aliphatic heterocycles. The third-order valence-electron chi connectivity index (χ3n) is 3.72. The molecule has 6 nitrogen and oxygen atoms in total. The zero-order valence-corrected chi connectivity index (χ0v) is 13.3. The number of para-hydroxylation sites is 2. The van der Waals surface area contributed by atoms with Crippen LogP contribution in [-0.4, -0.2) is 29.5 Å². The van der Waals surface area contributed by atoms with Crippen molar-refractivity contribution in [1.29, 1.82) is 0 Å². The maximum absolute atomic E-state index is 12.3. The van der Waals surface area contributed by atoms with Crippen molar-refractivity contribution in [2.75, 3.05) is 11.4 Å². The Balaban J connectivity index is 1.59. The van der Waals surface area contributed by atoms with Crippen molar-refractivity contribution in [2.24, 2.45) is 0 Å². The summed E-state index contributed by atoms with van der Waals surface area (Å²) in [6, 6.07) is 12.7. The van der Waals surface area contributed by atoms with Gasteiger partial charge in [-0.15, -0.1) is 0 Å². The summed E-state index contributed by atoms with van der Waals surface area (Å²) in [4.78, 5) is 29.9. The third kappa shape index (κ3) is 3.53. The molecule has 2 aromatic rings. The summed E-state index contributed by atoms with van der Waals surface area (Å²) < 4.78 is 10.8. The quantitative estimate of drug-likeness (QED) is 0.789. The number of benzene rings is 1. The van der Waals surface area contributed by atoms with Gasteiger partial charge in [0, 0.05) is 12.7 Å². The fourth-order valence-electron chi connectivity index (χ4n) is 2.50. The number of hydrogen-bond acceptors (Lipinski definition) is 5. The van der Waals surface area contributed by atoms with Gasteiger partial charge in [0.1, 0.15) is 12.4 Å². The van der Waals surface area contributed by atoms with Crippen molar-refractivity contribution < 1.29 is 19.1 Å². The average Bonchev–Trinajstić information content (AvgIpc) is 2.61. The molecule has 1 atom stereocenters. The van der Waals surface area contributed by atoms with E-state index in [9.17, 15) is 9.59 Å². The van der Waals surface area contributed by atoms with E-state index in [0.717, 1.165) is 0 Å². The number of carbonyl (C=O) groups is 2. The van der Waals surface area contributed by atoms with Gasteiger partial charge in [0.05, 0.1) is 17.8 Å². The van der Waals surface area contributed by atoms with E-state index in [1.165, 1.54) is 0 Å². The minimum Gasteiger partial charge on any atom is -0.479 e. The van der Waals surface area contributed by atoms with E-state index in [1.54, 1.807) is 36.2 Å². The van der Waals surface area contributed by atoms with Crippen LogP contribution in [0.1, 0.15) is 19.0 Å². The van der Waals surface area contributed by atoms with E-state index >= 15 is 0 Å². The van der Waals surface area contributed by atoms with Crippen LogP contribution in [0, 0.1) is 0 Å². The zero-order valence-electron chi connectivity index (χ0n) is 13.3. The second-order valence-electron chi connectivity index (χ2n) is 5.45. The van der Waals surface area contributed by atoms with Crippen LogP contribution in [-0.2, 0) is 20.9 Å². The number of ether oxygens (including phenoxy) is 2. The Morgan fingerprint density at radius 1 is 1.25 bits per heavy atom. The SMILES string of the molecule is C[C@@H]1Oc2ccccc2N(CCC(=O)OCc2ccccn2)C1=O. The predicted octanol–water partition coefficient (Wildman–Crippen LogP) is 2.33. The number of esters is 1. The van der Waals surface area contributed by atoms with E-state index in [0.29, 0.717) is 17.1 Å². The van der Waals surface area contributed by atoms with E-state index in [2.05, 4.69) is 4.98 Å². The van der Waals surface area contributed by atoms with E-state index in [4.69, 9.17) is 9.47 Å². The van der Waals surface area contributed by atoms with Crippen LogP contribution in [0.15, 0.2) is 48.7 Å². The topological polar surface area (TPSA) is 68.7 Å². The van der Waals surface area contributed by atoms with Gasteiger partial charge in [-0.1, -0.05) is 18.2 Å². The highest BCUT2D eigenvalue weighted by atomic mass is 16.5. The molecule has 2 heterocycles. The minimum atomic E-state index is -0.565. The molecule has 0 fully saturated rings. The van der Waals surface area contributed by atoms with Gasteiger partial charge in [-0.05, 0) is 31.2 Å². The molecule has 1 aromatic carbocycles. The molecular weight excluding hydrogens is 308 g/mol. The van der Waals surface area contributed by atoms with Crippen molar-refractivity contribution in [3.63, 3.8) is 0 Å². The monoisotopic (exact) mass is 326 g/mol. The van der Waals surface area contributed by atoms with Crippen molar-refractivity contribution >= 4 is 17.6 Å². The van der Waals surface area contributed by atoms with Crippen LogP contribution >= 0.6 is 0 Å². The lowest BCUT2D eigenvalue weighted by atomic mass is 10.2. The lowest BCUT2D eigenvalue weighted by molar-refractivity contribution is -0.144. The van der Waals surface area contributed by atoms with Gasteiger partial charge in [0.2, 0.25) is 0 Å². The molecule has 0 saturated carbocycles. The molecule has 0 saturated heterocycles. The Kier molecular flexibility index (Phi) is 4.74. The Hall–Kier alpha value is -2.89. The smallest absolute Gasteiger partial charge is 0.307 e. The fourth-order valence-corrected chi connectivity index (χ4v) is 2.50. The summed E-state index contributed by atoms with van der Waals surface area (Å²) in [6.45, 7) is 2.08. The van der Waals surface area contributed by atoms with E-state index in [1.807, 2.05) is 24.3 Å². The highest BCUT2D eigenvalue weighted by molar-refractivity contribution is 6.00. The predicted molar refractivity (Wildman–Crippen MR) is 87.5 cm³/mol. The van der Waals surface area contributed by atoms with Crippen LogP contribution < -0.4 is 9.64 Å². The number of hydrogen-bond donors (Lipinski definition) is 0. The van der Waals surface area contributed by atoms with Crippen LogP contribution in [0.3, 0.4) is 0 Å². The summed E-state index contributed by atoms with van der Waals surface area (Å²) in [6.07, 6.45) is 1.19. The second kappa shape index (κ2) is 7.12. The zero-order chi connectivity index (χ0) is 16.9. The number of aromatic nitrogens is 1. The first-order valence-electron chi connectivity index (χ1n) is 7.78. The van der Waals surface area contributed by atoms with Gasteiger partial charge >= 0.3 is 5.97 Å². The molecule has 1 aromatic heterocycles. The van der Waals surface area contributed by atoms with E-state index in [-0.39, 0.29) is 31.4 Å². The number of carbonyl (C=O) groups excluding carboxylic acids is 2. The van der Waals surface area contributed by atoms with Gasteiger partial charge in [-0.2, -0.15) is 0 Å². The fraction of sp³-hybridized carbons (Fsp3) is 0.278. The molecule has 6 heteroatoms. The summed E-state index contributed by atoms with van der Waals surface area (Å²) in [5, 5.41) is 0. The first-order valence-corrected chi connectivity index (χ1v) is 7.78. The first-order chi connectivity index (χ1) is 11.6. The van der Waals surface area contributed by atoms with Crippen LogP contribution in [0.2, 0.25) is 0 Å². The molecule has 0 N–H and O–H groups in total. The number of amides is 1. The summed E-state index contributed by atoms with van der Waals surface area (Å²) in [5.41, 5.74) is 1.37. The lowest BCUT2D eigenvalue weighted by Crippen LogP contribution is -2.45. The van der Waals surface area contributed by atoms with Crippen LogP contribution in [0.5, 0.6) is 5.75 Å². The van der Waals surface area contributed by atoms with Crippen LogP contribution in [0.4, 0.5) is 5.69 Å². The Morgan fingerprint density at radius 3 is 2.83 bits per heavy atom. The largest absolute Gasteiger partial charge is 0.479 e. The molecule has 1 aliphatic rings. The minimum absolute atomic E-state index is 0.111. The van der Waals surface area contributed by atoms with Gasteiger partial charge in [-0.25, -0.2) is 0 Å². The molecule has 0 aliphatic carbocycles. The molecule has 3 rings (SSSR count). The Morgan fingerprint density at radius 2 is 2.04 bits per heavy atom. The number of pyridine rings is 1. The Bertz CT molecular complexity index is 733. The average molecular weight is 326 g/mol. The van der Waals surface area contributed by atoms with Gasteiger partial charge in [0.25, 0.3) is 5.91 Å². The van der Waals surface area contributed by atoms with Gasteiger partial charge in [0.15, 0.2) is 6.10 Å². The second-order valence-corrected chi connectivity index (χ2v) is 5.45. The number of nitrogens with zero attached hydrogens (tertiary/aromatic N) is 2. The van der Waals surface area contributed by atoms with Gasteiger partial charge < -0.3 is 14.4 Å². The number of rotatable bonds is 5. The van der Waals surface area contributed by atoms with Crippen LogP contribution in [0.25, 0.3) is 0 Å². The summed E-state index contributed by atoms with van der Waals surface area (Å²) in [7, 11) is 0. The van der Waals surface area contributed by atoms with E-state index < -0.39 is 6.10 Å². The molecule has 0 spiro atoms. The van der Waals surface area contributed by atoms with Crippen molar-refractivity contribution in [3.05, 3.63) is 54.4 Å². The molecule has 1 amide bonds. The first kappa shape index (κ1) is 16.0. The molecule has 124 valence electrons. The molecule has 0 unspecified atom stereocenters. The highest BCUT2D eigenvalue weighted by Crippen LogP contribution is 2.33. The lowest BCUT2D eigenvalue weighted by Gasteiger charge is -2.32. The molecule has 24 heavy (non-hydrogen) atoms. The molecule has 0 radical (unpaired) electrons. The maximum atomic E-state index is 12.3. The van der Waals surface area contributed by atoms with Crippen molar-refractivity contribution in [1.82, 2.24) is 4.98 Å². The normalized spacial score (nSPS) is 16.3. The number of fused-ring (bicyclic) bond motifs is 1.